The van der Waals surface area contributed by atoms with Crippen molar-refractivity contribution in [2.24, 2.45) is 0 Å². The molecule has 1 aromatic carbocycles. The van der Waals surface area contributed by atoms with Crippen molar-refractivity contribution in [3.63, 3.8) is 0 Å². The average molecular weight is 251 g/mol. The summed E-state index contributed by atoms with van der Waals surface area (Å²) in [6.45, 7) is 6.42. The first-order valence-corrected chi connectivity index (χ1v) is 6.40. The van der Waals surface area contributed by atoms with E-state index in [1.54, 1.807) is 13.8 Å². The van der Waals surface area contributed by atoms with E-state index in [2.05, 4.69) is 5.32 Å². The molecule has 0 spiro atoms. The maximum Gasteiger partial charge on any atom is 0.0776 e. The highest BCUT2D eigenvalue weighted by atomic mass is 15.4. The third-order valence-corrected chi connectivity index (χ3v) is 3.42. The number of anilines is 1. The zero-order valence-corrected chi connectivity index (χ0v) is 11.8. The average Bonchev–Trinajstić information content (AvgIpc) is 2.38. The van der Waals surface area contributed by atoms with Crippen LogP contribution in [0.3, 0.4) is 0 Å². The molecule has 100 valence electrons. The van der Waals surface area contributed by atoms with Crippen LogP contribution in [0, 0.1) is 6.92 Å². The highest BCUT2D eigenvalue weighted by Crippen LogP contribution is 2.37. The lowest BCUT2D eigenvalue weighted by Gasteiger charge is -2.55. The monoisotopic (exact) mass is 251 g/mol. The summed E-state index contributed by atoms with van der Waals surface area (Å²) < 4.78 is 41.0. The SMILES string of the molecule is [2H]C([2H])([2H])C1(C)NC(C)N(c2ccccc2C)C(C)(C)C1([2H])[2H]. The van der Waals surface area contributed by atoms with E-state index in [0.717, 1.165) is 11.3 Å². The van der Waals surface area contributed by atoms with E-state index in [1.807, 2.05) is 43.0 Å². The molecule has 2 rings (SSSR count). The molecule has 2 unspecified atom stereocenters. The summed E-state index contributed by atoms with van der Waals surface area (Å²) >= 11 is 0. The summed E-state index contributed by atoms with van der Waals surface area (Å²) in [6.07, 6.45) is -2.31. The standard InChI is InChI=1S/C16H26N2/c1-12-9-7-8-10-14(12)18-13(2)17-15(3,4)11-16(18,5)6/h7-10,13,17H,11H2,1-6H3/i3D3,11D2. The number of rotatable bonds is 1. The van der Waals surface area contributed by atoms with E-state index in [9.17, 15) is 0 Å². The molecule has 0 saturated carbocycles. The smallest absolute Gasteiger partial charge is 0.0776 e. The molecular formula is C16H26N2. The molecule has 2 heteroatoms. The third-order valence-electron chi connectivity index (χ3n) is 3.42. The van der Waals surface area contributed by atoms with Gasteiger partial charge in [-0.15, -0.1) is 0 Å². The Morgan fingerprint density at radius 1 is 1.39 bits per heavy atom. The van der Waals surface area contributed by atoms with Crippen LogP contribution < -0.4 is 10.2 Å². The number of hydrogen-bond acceptors (Lipinski definition) is 2. The second kappa shape index (κ2) is 4.27. The lowest BCUT2D eigenvalue weighted by Crippen LogP contribution is -2.67. The van der Waals surface area contributed by atoms with E-state index < -0.39 is 24.3 Å². The van der Waals surface area contributed by atoms with E-state index in [1.165, 1.54) is 6.92 Å². The number of benzene rings is 1. The van der Waals surface area contributed by atoms with Crippen LogP contribution >= 0.6 is 0 Å². The third kappa shape index (κ3) is 2.39. The first-order chi connectivity index (χ1) is 10.3. The van der Waals surface area contributed by atoms with Gasteiger partial charge in [-0.2, -0.15) is 0 Å². The number of aryl methyl sites for hydroxylation is 1. The summed E-state index contributed by atoms with van der Waals surface area (Å²) in [5.74, 6) is 0. The first kappa shape index (κ1) is 8.21. The van der Waals surface area contributed by atoms with Gasteiger partial charge in [0.1, 0.15) is 0 Å². The molecule has 1 aliphatic heterocycles. The van der Waals surface area contributed by atoms with Gasteiger partial charge in [0.25, 0.3) is 0 Å². The van der Waals surface area contributed by atoms with Crippen molar-refractivity contribution in [2.75, 3.05) is 4.90 Å². The van der Waals surface area contributed by atoms with E-state index in [-0.39, 0.29) is 6.17 Å². The Bertz CT molecular complexity index is 596. The predicted molar refractivity (Wildman–Crippen MR) is 79.0 cm³/mol. The molecule has 1 saturated heterocycles. The van der Waals surface area contributed by atoms with Crippen molar-refractivity contribution in [2.45, 2.75) is 65.1 Å². The van der Waals surface area contributed by atoms with Gasteiger partial charge >= 0.3 is 0 Å². The molecule has 0 radical (unpaired) electrons. The fraction of sp³-hybridized carbons (Fsp3) is 0.625. The topological polar surface area (TPSA) is 15.3 Å². The highest BCUT2D eigenvalue weighted by Gasteiger charge is 2.42. The number of nitrogens with zero attached hydrogens (tertiary/aromatic N) is 1. The maximum absolute atomic E-state index is 8.68. The second-order valence-electron chi connectivity index (χ2n) is 5.79. The Morgan fingerprint density at radius 3 is 2.67 bits per heavy atom. The maximum atomic E-state index is 8.68. The van der Waals surface area contributed by atoms with Gasteiger partial charge in [0.2, 0.25) is 0 Å². The summed E-state index contributed by atoms with van der Waals surface area (Å²) in [5, 5.41) is 3.04. The van der Waals surface area contributed by atoms with Crippen LogP contribution in [-0.4, -0.2) is 17.2 Å². The molecule has 1 heterocycles. The van der Waals surface area contributed by atoms with Crippen molar-refractivity contribution in [3.8, 4) is 0 Å². The quantitative estimate of drug-likeness (QED) is 0.819. The number of para-hydroxylation sites is 1. The Kier molecular flexibility index (Phi) is 1.95. The molecule has 0 aliphatic carbocycles. The largest absolute Gasteiger partial charge is 0.351 e. The highest BCUT2D eigenvalue weighted by molar-refractivity contribution is 5.56. The van der Waals surface area contributed by atoms with E-state index >= 15 is 0 Å². The van der Waals surface area contributed by atoms with Gasteiger partial charge in [0.15, 0.2) is 0 Å². The predicted octanol–water partition coefficient (Wildman–Crippen LogP) is 3.70. The molecule has 2 atom stereocenters. The van der Waals surface area contributed by atoms with Crippen molar-refractivity contribution in [3.05, 3.63) is 29.8 Å². The number of hydrogen-bond donors (Lipinski definition) is 1. The molecule has 1 fully saturated rings. The Labute approximate surface area is 118 Å². The van der Waals surface area contributed by atoms with Gasteiger partial charge in [-0.3, -0.25) is 5.32 Å². The molecule has 1 aliphatic rings. The molecule has 0 aromatic heterocycles. The summed E-state index contributed by atoms with van der Waals surface area (Å²) in [7, 11) is 0. The fourth-order valence-corrected chi connectivity index (χ4v) is 3.02. The molecule has 18 heavy (non-hydrogen) atoms. The zero-order chi connectivity index (χ0) is 17.8. The van der Waals surface area contributed by atoms with Crippen LogP contribution in [0.15, 0.2) is 24.3 Å². The van der Waals surface area contributed by atoms with Gasteiger partial charge < -0.3 is 4.90 Å². The van der Waals surface area contributed by atoms with Crippen molar-refractivity contribution in [1.29, 1.82) is 0 Å². The zero-order valence-electron chi connectivity index (χ0n) is 16.8. The van der Waals surface area contributed by atoms with Crippen molar-refractivity contribution in [1.82, 2.24) is 5.32 Å². The molecule has 1 aromatic rings. The minimum atomic E-state index is -2.46. The molecule has 2 nitrogen and oxygen atoms in total. The van der Waals surface area contributed by atoms with Gasteiger partial charge in [-0.05, 0) is 59.5 Å². The van der Waals surface area contributed by atoms with E-state index in [0.29, 0.717) is 0 Å². The molecular weight excluding hydrogens is 220 g/mol. The molecule has 0 bridgehead atoms. The normalized spacial score (nSPS) is 39.1. The van der Waals surface area contributed by atoms with Gasteiger partial charge in [0, 0.05) is 23.6 Å². The van der Waals surface area contributed by atoms with Crippen LogP contribution in [0.5, 0.6) is 0 Å². The van der Waals surface area contributed by atoms with Crippen LogP contribution in [0.4, 0.5) is 5.69 Å². The number of nitrogens with one attached hydrogen (secondary N) is 1. The lowest BCUT2D eigenvalue weighted by atomic mass is 9.81. The molecule has 0 amide bonds. The second-order valence-corrected chi connectivity index (χ2v) is 5.79. The van der Waals surface area contributed by atoms with Gasteiger partial charge in [-0.1, -0.05) is 18.2 Å². The molecule has 1 N–H and O–H groups in total. The van der Waals surface area contributed by atoms with Crippen LogP contribution in [0.1, 0.15) is 53.3 Å². The Balaban J connectivity index is 2.63. The summed E-state index contributed by atoms with van der Waals surface area (Å²) in [5.41, 5.74) is -0.703. The Hall–Kier alpha value is -1.02. The Morgan fingerprint density at radius 2 is 2.06 bits per heavy atom. The summed E-state index contributed by atoms with van der Waals surface area (Å²) in [6, 6.07) is 7.78. The van der Waals surface area contributed by atoms with Crippen molar-refractivity contribution < 1.29 is 6.85 Å². The lowest BCUT2D eigenvalue weighted by molar-refractivity contribution is 0.182. The first-order valence-electron chi connectivity index (χ1n) is 8.90. The van der Waals surface area contributed by atoms with Crippen molar-refractivity contribution >= 4 is 5.69 Å². The van der Waals surface area contributed by atoms with Crippen LogP contribution in [-0.2, 0) is 0 Å². The van der Waals surface area contributed by atoms with E-state index in [4.69, 9.17) is 6.85 Å². The fourth-order valence-electron chi connectivity index (χ4n) is 3.02. The van der Waals surface area contributed by atoms with Gasteiger partial charge in [0.05, 0.1) is 6.17 Å². The van der Waals surface area contributed by atoms with Crippen LogP contribution in [0.2, 0.25) is 0 Å². The van der Waals surface area contributed by atoms with Crippen LogP contribution in [0.25, 0.3) is 0 Å². The minimum absolute atomic E-state index is 0.319. The van der Waals surface area contributed by atoms with Gasteiger partial charge in [-0.25, -0.2) is 0 Å². The minimum Gasteiger partial charge on any atom is -0.351 e. The summed E-state index contributed by atoms with van der Waals surface area (Å²) in [4.78, 5) is 1.95.